The van der Waals surface area contributed by atoms with E-state index in [1.54, 1.807) is 11.6 Å². The second-order valence-corrected chi connectivity index (χ2v) is 13.7. The van der Waals surface area contributed by atoms with Crippen molar-refractivity contribution in [2.75, 3.05) is 0 Å². The van der Waals surface area contributed by atoms with Crippen LogP contribution in [-0.4, -0.2) is 11.8 Å². The molecule has 2 N–H and O–H groups in total. The number of rotatable bonds is 4. The minimum absolute atomic E-state index is 0. The van der Waals surface area contributed by atoms with Gasteiger partial charge in [-0.3, -0.25) is 4.79 Å². The molecule has 4 aliphatic carbocycles. The Morgan fingerprint density at radius 3 is 2.48 bits per heavy atom. The summed E-state index contributed by atoms with van der Waals surface area (Å²) in [5.41, 5.74) is 8.21. The van der Waals surface area contributed by atoms with Gasteiger partial charge in [-0.1, -0.05) is 58.8 Å². The van der Waals surface area contributed by atoms with E-state index in [-0.39, 0.29) is 7.47 Å². The van der Waals surface area contributed by atoms with E-state index in [0.717, 1.165) is 49.4 Å². The second kappa shape index (κ2) is 10.4. The molecule has 0 aromatic rings. The zero-order chi connectivity index (χ0) is 24.4. The van der Waals surface area contributed by atoms with Crippen LogP contribution in [0.25, 0.3) is 0 Å². The molecule has 2 nitrogen and oxygen atoms in total. The SMILES string of the molecule is C=C[C@H](C)N.CC(C)(C)CCCC1CCC2C3CC=C4CCC(=O)CCC4(C)C3CCC12C.[HH]. The molecule has 2 heteroatoms. The Kier molecular flexibility index (Phi) is 8.41. The van der Waals surface area contributed by atoms with Gasteiger partial charge in [0.1, 0.15) is 5.78 Å². The highest BCUT2D eigenvalue weighted by Gasteiger charge is 2.57. The second-order valence-electron chi connectivity index (χ2n) is 13.7. The van der Waals surface area contributed by atoms with Gasteiger partial charge < -0.3 is 5.73 Å². The Balaban J connectivity index is 0.000000619. The maximum absolute atomic E-state index is 12.1. The van der Waals surface area contributed by atoms with Gasteiger partial charge >= 0.3 is 0 Å². The minimum atomic E-state index is 0. The van der Waals surface area contributed by atoms with Gasteiger partial charge in [-0.05, 0) is 105 Å². The normalized spacial score (nSPS) is 39.1. The van der Waals surface area contributed by atoms with Gasteiger partial charge in [0.15, 0.2) is 0 Å². The number of hydrogen-bond acceptors (Lipinski definition) is 2. The molecule has 4 rings (SSSR count). The van der Waals surface area contributed by atoms with Crippen molar-refractivity contribution in [2.45, 2.75) is 125 Å². The van der Waals surface area contributed by atoms with Crippen molar-refractivity contribution in [2.24, 2.45) is 45.7 Å². The van der Waals surface area contributed by atoms with E-state index in [1.165, 1.54) is 51.4 Å². The predicted molar refractivity (Wildman–Crippen MR) is 144 cm³/mol. The van der Waals surface area contributed by atoms with Crippen molar-refractivity contribution in [3.05, 3.63) is 24.3 Å². The number of carbonyl (C=O) groups is 1. The molecule has 190 valence electrons. The predicted octanol–water partition coefficient (Wildman–Crippen LogP) is 8.51. The standard InChI is InChI=1S/C27H44O.C4H9N.H2/c1-25(2,3)16-6-7-19-10-13-23-22-12-9-20-8-11-21(28)14-17-26(20,4)24(22)15-18-27(19,23)5;1-3-4(2)5;/h9,19,22-24H,6-8,10-18H2,1-5H3;3-4H,1,5H2,2H3;1H/t;4-;/m.0./s1. The van der Waals surface area contributed by atoms with E-state index in [4.69, 9.17) is 5.73 Å². The van der Waals surface area contributed by atoms with Gasteiger partial charge in [0.25, 0.3) is 0 Å². The van der Waals surface area contributed by atoms with Crippen molar-refractivity contribution in [1.82, 2.24) is 0 Å². The molecule has 0 saturated heterocycles. The van der Waals surface area contributed by atoms with E-state index >= 15 is 0 Å². The van der Waals surface area contributed by atoms with Crippen LogP contribution < -0.4 is 5.73 Å². The summed E-state index contributed by atoms with van der Waals surface area (Å²) < 4.78 is 0. The number of hydrogen-bond donors (Lipinski definition) is 1. The first-order valence-electron chi connectivity index (χ1n) is 14.0. The fourth-order valence-electron chi connectivity index (χ4n) is 8.15. The Morgan fingerprint density at radius 1 is 1.15 bits per heavy atom. The third kappa shape index (κ3) is 5.85. The third-order valence-electron chi connectivity index (χ3n) is 10.3. The number of allylic oxidation sites excluding steroid dienone is 2. The lowest BCUT2D eigenvalue weighted by Gasteiger charge is -2.56. The third-order valence-corrected chi connectivity index (χ3v) is 10.3. The van der Waals surface area contributed by atoms with Gasteiger partial charge in [0.05, 0.1) is 0 Å². The average Bonchev–Trinajstić information content (AvgIpc) is 2.99. The summed E-state index contributed by atoms with van der Waals surface area (Å²) in [4.78, 5) is 12.1. The van der Waals surface area contributed by atoms with Crippen LogP contribution in [0.15, 0.2) is 24.3 Å². The van der Waals surface area contributed by atoms with Gasteiger partial charge in [-0.15, -0.1) is 6.58 Å². The van der Waals surface area contributed by atoms with Crippen molar-refractivity contribution in [3.8, 4) is 0 Å². The highest BCUT2D eigenvalue weighted by molar-refractivity contribution is 5.79. The van der Waals surface area contributed by atoms with Crippen LogP contribution in [-0.2, 0) is 4.79 Å². The van der Waals surface area contributed by atoms with Crippen molar-refractivity contribution in [1.29, 1.82) is 0 Å². The first kappa shape index (κ1) is 26.7. The van der Waals surface area contributed by atoms with Crippen LogP contribution in [0, 0.1) is 39.9 Å². The maximum atomic E-state index is 12.1. The largest absolute Gasteiger partial charge is 0.325 e. The lowest BCUT2D eigenvalue weighted by Crippen LogP contribution is -2.48. The van der Waals surface area contributed by atoms with Gasteiger partial charge in [0.2, 0.25) is 0 Å². The van der Waals surface area contributed by atoms with E-state index in [1.807, 2.05) is 6.92 Å². The molecule has 6 unspecified atom stereocenters. The van der Waals surface area contributed by atoms with Crippen LogP contribution in [0.3, 0.4) is 0 Å². The molecule has 0 heterocycles. The average molecular weight is 458 g/mol. The Labute approximate surface area is 206 Å². The first-order chi connectivity index (χ1) is 15.4. The number of carbonyl (C=O) groups excluding carboxylic acids is 1. The van der Waals surface area contributed by atoms with Crippen LogP contribution in [0.1, 0.15) is 120 Å². The zero-order valence-electron chi connectivity index (χ0n) is 22.7. The fraction of sp³-hybridized carbons (Fsp3) is 0.839. The molecule has 0 bridgehead atoms. The summed E-state index contributed by atoms with van der Waals surface area (Å²) in [5, 5.41) is 0. The van der Waals surface area contributed by atoms with Crippen molar-refractivity contribution < 1.29 is 6.22 Å². The summed E-state index contributed by atoms with van der Waals surface area (Å²) in [7, 11) is 0. The Hall–Kier alpha value is -0.890. The minimum Gasteiger partial charge on any atom is -0.325 e. The maximum Gasteiger partial charge on any atom is 0.133 e. The Morgan fingerprint density at radius 2 is 1.85 bits per heavy atom. The summed E-state index contributed by atoms with van der Waals surface area (Å²) in [6.45, 7) is 17.7. The van der Waals surface area contributed by atoms with E-state index in [9.17, 15) is 4.79 Å². The lowest BCUT2D eigenvalue weighted by atomic mass is 9.48. The molecule has 0 aromatic carbocycles. The highest BCUT2D eigenvalue weighted by Crippen LogP contribution is 2.66. The van der Waals surface area contributed by atoms with E-state index in [2.05, 4.69) is 47.3 Å². The molecule has 3 saturated carbocycles. The number of fused-ring (bicyclic) bond motifs is 5. The van der Waals surface area contributed by atoms with Crippen LogP contribution in [0.5, 0.6) is 0 Å². The Bertz CT molecular complexity index is 734. The molecule has 0 aromatic heterocycles. The molecule has 7 atom stereocenters. The van der Waals surface area contributed by atoms with Crippen LogP contribution in [0.2, 0.25) is 0 Å². The quantitative estimate of drug-likeness (QED) is 0.430. The number of Topliss-reactive ketones (excluding diaryl/α,β-unsaturated/α-hetero) is 1. The zero-order valence-corrected chi connectivity index (χ0v) is 22.7. The van der Waals surface area contributed by atoms with E-state index < -0.39 is 0 Å². The van der Waals surface area contributed by atoms with Crippen LogP contribution in [0.4, 0.5) is 0 Å². The molecule has 0 radical (unpaired) electrons. The molecule has 3 fully saturated rings. The van der Waals surface area contributed by atoms with Crippen molar-refractivity contribution >= 4 is 5.78 Å². The topological polar surface area (TPSA) is 43.1 Å². The van der Waals surface area contributed by atoms with Gasteiger partial charge in [-0.25, -0.2) is 0 Å². The summed E-state index contributed by atoms with van der Waals surface area (Å²) >= 11 is 0. The molecule has 33 heavy (non-hydrogen) atoms. The summed E-state index contributed by atoms with van der Waals surface area (Å²) in [5.74, 6) is 4.11. The smallest absolute Gasteiger partial charge is 0.133 e. The van der Waals surface area contributed by atoms with Crippen LogP contribution >= 0.6 is 0 Å². The summed E-state index contributed by atoms with van der Waals surface area (Å²) in [6.07, 6.45) is 19.4. The van der Waals surface area contributed by atoms with Gasteiger partial charge in [-0.2, -0.15) is 0 Å². The van der Waals surface area contributed by atoms with Crippen molar-refractivity contribution in [3.63, 3.8) is 0 Å². The molecule has 0 spiro atoms. The highest BCUT2D eigenvalue weighted by atomic mass is 16.1. The molecular formula is C31H55NO. The molecule has 0 amide bonds. The molecule has 0 aliphatic heterocycles. The van der Waals surface area contributed by atoms with Gasteiger partial charge in [0, 0.05) is 20.3 Å². The first-order valence-corrected chi connectivity index (χ1v) is 14.0. The molecular weight excluding hydrogens is 402 g/mol. The summed E-state index contributed by atoms with van der Waals surface area (Å²) in [6, 6.07) is 0.148. The van der Waals surface area contributed by atoms with E-state index in [0.29, 0.717) is 22.0 Å². The molecule has 4 aliphatic rings. The fourth-order valence-corrected chi connectivity index (χ4v) is 8.15. The lowest BCUT2D eigenvalue weighted by molar-refractivity contribution is -0.119. The number of nitrogens with two attached hydrogens (primary N) is 1. The monoisotopic (exact) mass is 457 g/mol. The number of ketones is 1.